The van der Waals surface area contributed by atoms with Gasteiger partial charge in [-0.15, -0.1) is 0 Å². The maximum absolute atomic E-state index is 13.7. The third-order valence-corrected chi connectivity index (χ3v) is 26.8. The van der Waals surface area contributed by atoms with Crippen molar-refractivity contribution in [1.29, 1.82) is 0 Å². The van der Waals surface area contributed by atoms with E-state index in [-0.39, 0.29) is 37.3 Å². The molecule has 1 atom stereocenters. The van der Waals surface area contributed by atoms with Crippen molar-refractivity contribution in [2.75, 3.05) is 11.9 Å². The lowest BCUT2D eigenvalue weighted by molar-refractivity contribution is -0.122. The number of benzene rings is 1. The van der Waals surface area contributed by atoms with Gasteiger partial charge in [-0.25, -0.2) is 18.2 Å². The lowest BCUT2D eigenvalue weighted by atomic mass is 10.0. The van der Waals surface area contributed by atoms with Crippen molar-refractivity contribution >= 4 is 163 Å². The predicted octanol–water partition coefficient (Wildman–Crippen LogP) is 2.91. The van der Waals surface area contributed by atoms with E-state index in [1.807, 2.05) is 0 Å². The highest BCUT2D eigenvalue weighted by atomic mass is 79.9. The van der Waals surface area contributed by atoms with Gasteiger partial charge < -0.3 is 25.5 Å². The number of aromatic nitrogens is 3. The van der Waals surface area contributed by atoms with Crippen molar-refractivity contribution in [2.45, 2.75) is 31.3 Å². The topological polar surface area (TPSA) is 183 Å². The van der Waals surface area contributed by atoms with Gasteiger partial charge in [0.1, 0.15) is 22.4 Å². The summed E-state index contributed by atoms with van der Waals surface area (Å²) in [5.41, 5.74) is 7.52. The first kappa shape index (κ1) is 43.8. The molecule has 3 aromatic heterocycles. The smallest absolute Gasteiger partial charge is 0.319 e. The molecule has 1 aliphatic rings. The number of hydrogen-bond acceptors (Lipinski definition) is 10. The third-order valence-electron chi connectivity index (χ3n) is 6.87. The van der Waals surface area contributed by atoms with Gasteiger partial charge in [0.25, 0.3) is 5.91 Å². The molecule has 0 unspecified atom stereocenters. The lowest BCUT2D eigenvalue weighted by Crippen LogP contribution is -2.48. The predicted molar refractivity (Wildman–Crippen MR) is 238 cm³/mol. The van der Waals surface area contributed by atoms with E-state index >= 15 is 0 Å². The van der Waals surface area contributed by atoms with E-state index in [0.29, 0.717) is 32.6 Å². The molecule has 284 valence electrons. The highest BCUT2D eigenvalue weighted by molar-refractivity contribution is 9.10. The number of urea groups is 1. The van der Waals surface area contributed by atoms with Crippen LogP contribution in [0.4, 0.5) is 10.5 Å². The largest absolute Gasteiger partial charge is 0.366 e. The minimum atomic E-state index is -4.04. The van der Waals surface area contributed by atoms with Crippen LogP contribution in [0.15, 0.2) is 76.2 Å². The Kier molecular flexibility index (Phi) is 18.7. The maximum Gasteiger partial charge on any atom is 0.319 e. The molecule has 13 nitrogen and oxygen atoms in total. The number of halogens is 1. The fourth-order valence-corrected chi connectivity index (χ4v) is 26.0. The van der Waals surface area contributed by atoms with Crippen molar-refractivity contribution < 1.29 is 27.3 Å². The van der Waals surface area contributed by atoms with Crippen LogP contribution in [-0.4, -0.2) is 57.7 Å². The molecule has 4 aromatic rings. The Balaban J connectivity index is 0.000000495. The van der Waals surface area contributed by atoms with Gasteiger partial charge in [0.2, 0.25) is 10.0 Å². The Morgan fingerprint density at radius 1 is 0.981 bits per heavy atom. The van der Waals surface area contributed by atoms with Crippen LogP contribution in [0.25, 0.3) is 10.9 Å². The summed E-state index contributed by atoms with van der Waals surface area (Å²) in [7, 11) is 10.4. The maximum atomic E-state index is 13.7. The summed E-state index contributed by atoms with van der Waals surface area (Å²) in [6, 6.07) is 10.1. The molecule has 1 aromatic carbocycles. The second-order valence-electron chi connectivity index (χ2n) is 10.1. The number of nitrogens with one attached hydrogen (secondary N) is 2. The molecule has 4 heterocycles. The molecule has 0 saturated heterocycles. The van der Waals surface area contributed by atoms with Crippen molar-refractivity contribution in [2.24, 2.45) is 5.73 Å². The first-order valence-corrected chi connectivity index (χ1v) is 30.2. The van der Waals surface area contributed by atoms with Gasteiger partial charge in [-0.3, -0.25) is 9.59 Å². The van der Waals surface area contributed by atoms with Gasteiger partial charge in [-0.1, -0.05) is 23.4 Å². The van der Waals surface area contributed by atoms with E-state index in [4.69, 9.17) is 10.3 Å². The number of pyridine rings is 1. The van der Waals surface area contributed by atoms with Crippen molar-refractivity contribution in [3.63, 3.8) is 0 Å². The fourth-order valence-electron chi connectivity index (χ4n) is 4.78. The zero-order valence-corrected chi connectivity index (χ0v) is 37.9. The molecule has 0 radical (unpaired) electrons. The second-order valence-corrected chi connectivity index (χ2v) is 28.8. The van der Waals surface area contributed by atoms with Crippen molar-refractivity contribution in [3.8, 4) is 0 Å². The van der Waals surface area contributed by atoms with Crippen LogP contribution >= 0.6 is 15.9 Å². The number of Topliss-reactive ketones (excluding diaryl/α,β-unsaturated/α-hetero) is 1. The first-order valence-electron chi connectivity index (χ1n) is 14.4. The SMILES string of the molecule is NC(=O)c1cn(CS(=O)(=O)N2CC=CC[C@H]2C(=O)Cc2cccc(Br)n2)c2ccc(NC(=O)NCc3ccon3)cc12.S=S=S=S=S=S=S=S=S=S=S. The highest BCUT2D eigenvalue weighted by Gasteiger charge is 2.35. The zero-order valence-electron chi connectivity index (χ0n) is 26.6. The number of nitrogens with zero attached hydrogens (tertiary/aromatic N) is 4. The van der Waals surface area contributed by atoms with Gasteiger partial charge in [0.15, 0.2) is 5.78 Å². The van der Waals surface area contributed by atoms with Crippen LogP contribution < -0.4 is 16.4 Å². The Bertz CT molecular complexity index is 2510. The minimum Gasteiger partial charge on any atom is -0.366 e. The number of amides is 3. The number of rotatable bonds is 10. The quantitative estimate of drug-likeness (QED) is 0.158. The number of fused-ring (bicyclic) bond motifs is 1. The molecule has 1 aliphatic heterocycles. The summed E-state index contributed by atoms with van der Waals surface area (Å²) < 4.78 is 35.3. The summed E-state index contributed by atoms with van der Waals surface area (Å²) in [4.78, 5) is 42.1. The molecule has 0 bridgehead atoms. The van der Waals surface area contributed by atoms with Crippen molar-refractivity contribution in [3.05, 3.63) is 88.6 Å². The van der Waals surface area contributed by atoms with Crippen LogP contribution in [0, 0.1) is 0 Å². The van der Waals surface area contributed by atoms with Crippen LogP contribution in [0.1, 0.15) is 28.2 Å². The Labute approximate surface area is 347 Å². The molecular formula is C27H26BrN7O6S12. The van der Waals surface area contributed by atoms with E-state index in [2.05, 4.69) is 59.1 Å². The molecule has 0 saturated carbocycles. The number of hydrogen-bond donors (Lipinski definition) is 3. The van der Waals surface area contributed by atoms with Gasteiger partial charge in [0.05, 0.1) is 24.6 Å². The van der Waals surface area contributed by atoms with Gasteiger partial charge >= 0.3 is 6.03 Å². The Hall–Kier alpha value is -1.92. The zero-order chi connectivity index (χ0) is 38.2. The second kappa shape index (κ2) is 22.6. The number of sulfonamides is 1. The summed E-state index contributed by atoms with van der Waals surface area (Å²) in [5, 5.41) is 9.37. The number of carbonyl (C=O) groups is 3. The minimum absolute atomic E-state index is 0.0236. The summed E-state index contributed by atoms with van der Waals surface area (Å²) >= 11 is 12.6. The fraction of sp³-hybridized carbons (Fsp3) is 0.222. The van der Waals surface area contributed by atoms with E-state index < -0.39 is 33.9 Å². The van der Waals surface area contributed by atoms with Gasteiger partial charge in [-0.05, 0) is 52.7 Å². The molecule has 5 rings (SSSR count). The van der Waals surface area contributed by atoms with E-state index in [1.165, 1.54) is 45.2 Å². The highest BCUT2D eigenvalue weighted by Crippen LogP contribution is 2.27. The lowest BCUT2D eigenvalue weighted by Gasteiger charge is -2.31. The number of ketones is 1. The number of anilines is 1. The van der Waals surface area contributed by atoms with E-state index in [1.54, 1.807) is 111 Å². The molecule has 0 aliphatic carbocycles. The van der Waals surface area contributed by atoms with Gasteiger partial charge in [0, 0.05) is 143 Å². The monoisotopic (exact) mass is 1010 g/mol. The average molecular weight is 1010 g/mol. The summed E-state index contributed by atoms with van der Waals surface area (Å²) in [5.74, 6) is -1.57. The molecule has 0 fully saturated rings. The van der Waals surface area contributed by atoms with Crippen molar-refractivity contribution in [1.82, 2.24) is 24.3 Å². The third kappa shape index (κ3) is 14.0. The van der Waals surface area contributed by atoms with E-state index in [9.17, 15) is 22.8 Å². The molecule has 0 spiro atoms. The molecule has 53 heavy (non-hydrogen) atoms. The standard InChI is InChI=1S/C27H26BrN7O6S.S11/c28-25-6-3-4-17(31-25)13-24(36)23-5-1-2-10-35(23)42(39,40)16-34-15-21(26(29)37)20-12-18(7-8-22(20)34)32-27(38)30-14-19-9-11-41-33-19;1-3-5-7-9-11-10-8-6-4-2/h1-4,6-9,11-12,15,23H,5,10,13-14,16H2,(H2,29,37)(H2,30,32,38);/t23-;/m0./s1. The number of primary amides is 1. The average Bonchev–Trinajstić information content (AvgIpc) is 3.79. The van der Waals surface area contributed by atoms with Crippen LogP contribution in [-0.2, 0) is 136 Å². The number of carbonyl (C=O) groups excluding carboxylic acids is 3. The summed E-state index contributed by atoms with van der Waals surface area (Å²) in [6.45, 7) is 0.171. The first-order chi connectivity index (χ1) is 25.5. The molecular weight excluding hydrogens is 983 g/mol. The van der Waals surface area contributed by atoms with Crippen LogP contribution in [0.2, 0.25) is 0 Å². The Morgan fingerprint density at radius 3 is 2.34 bits per heavy atom. The van der Waals surface area contributed by atoms with Crippen LogP contribution in [0.5, 0.6) is 0 Å². The summed E-state index contributed by atoms with van der Waals surface area (Å²) in [6.07, 6.45) is 6.45. The van der Waals surface area contributed by atoms with E-state index in [0.717, 1.165) is 0 Å². The van der Waals surface area contributed by atoms with Crippen LogP contribution in [0.3, 0.4) is 0 Å². The molecule has 4 N–H and O–H groups in total. The molecule has 26 heteroatoms. The number of nitrogens with two attached hydrogens (primary N) is 1. The Morgan fingerprint density at radius 2 is 1.70 bits per heavy atom. The van der Waals surface area contributed by atoms with Gasteiger partial charge in [-0.2, -0.15) is 4.31 Å². The normalized spacial score (nSPS) is 13.7. The molecule has 3 amide bonds.